The van der Waals surface area contributed by atoms with Gasteiger partial charge in [0.25, 0.3) is 0 Å². The highest BCUT2D eigenvalue weighted by atomic mass is 15.2. The van der Waals surface area contributed by atoms with Crippen LogP contribution in [-0.2, 0) is 0 Å². The van der Waals surface area contributed by atoms with Crippen molar-refractivity contribution in [1.82, 2.24) is 15.1 Å². The molecule has 1 aliphatic carbocycles. The minimum atomic E-state index is 0.810. The van der Waals surface area contributed by atoms with Crippen molar-refractivity contribution in [2.75, 3.05) is 32.7 Å². The first kappa shape index (κ1) is 11.7. The van der Waals surface area contributed by atoms with Crippen molar-refractivity contribution in [3.05, 3.63) is 0 Å². The molecule has 5 fully saturated rings. The van der Waals surface area contributed by atoms with Crippen LogP contribution in [0.1, 0.15) is 38.5 Å². The van der Waals surface area contributed by atoms with Gasteiger partial charge in [0, 0.05) is 24.7 Å². The number of fused-ring (bicyclic) bond motifs is 3. The lowest BCUT2D eigenvalue weighted by Gasteiger charge is -2.47. The maximum absolute atomic E-state index is 4.00. The van der Waals surface area contributed by atoms with Crippen molar-refractivity contribution in [2.45, 2.75) is 56.7 Å². The van der Waals surface area contributed by atoms with E-state index in [0.29, 0.717) is 0 Å². The maximum atomic E-state index is 4.00. The molecule has 0 aromatic heterocycles. The van der Waals surface area contributed by atoms with Crippen LogP contribution in [0.15, 0.2) is 0 Å². The van der Waals surface area contributed by atoms with Crippen LogP contribution in [0.2, 0.25) is 0 Å². The Morgan fingerprint density at radius 1 is 0.778 bits per heavy atom. The van der Waals surface area contributed by atoms with Gasteiger partial charge < -0.3 is 15.1 Å². The van der Waals surface area contributed by atoms with E-state index in [4.69, 9.17) is 0 Å². The molecule has 5 rings (SSSR count). The van der Waals surface area contributed by atoms with Crippen LogP contribution in [0, 0.1) is 5.92 Å². The summed E-state index contributed by atoms with van der Waals surface area (Å²) in [7, 11) is 0. The van der Waals surface area contributed by atoms with E-state index in [1.165, 1.54) is 71.2 Å². The fraction of sp³-hybridized carbons (Fsp3) is 1.00. The number of hydrogen-bond acceptors (Lipinski definition) is 3. The largest absolute Gasteiger partial charge is 0.310 e. The van der Waals surface area contributed by atoms with Gasteiger partial charge in [-0.2, -0.15) is 0 Å². The van der Waals surface area contributed by atoms with Crippen LogP contribution < -0.4 is 5.32 Å². The second kappa shape index (κ2) is 4.77. The molecule has 5 aliphatic rings. The Morgan fingerprint density at radius 2 is 1.50 bits per heavy atom. The first-order valence-electron chi connectivity index (χ1n) is 8.11. The van der Waals surface area contributed by atoms with Gasteiger partial charge in [0.05, 0.1) is 0 Å². The average Bonchev–Trinajstić information content (AvgIpc) is 3.25. The van der Waals surface area contributed by atoms with Gasteiger partial charge >= 0.3 is 0 Å². The van der Waals surface area contributed by atoms with Gasteiger partial charge in [-0.1, -0.05) is 0 Å². The second-order valence-electron chi connectivity index (χ2n) is 6.95. The van der Waals surface area contributed by atoms with E-state index in [9.17, 15) is 0 Å². The molecule has 0 aromatic carbocycles. The summed E-state index contributed by atoms with van der Waals surface area (Å²) in [6.07, 6.45) is 8.60. The Hall–Kier alpha value is -0.120. The van der Waals surface area contributed by atoms with E-state index in [1.807, 2.05) is 0 Å². The van der Waals surface area contributed by atoms with Crippen molar-refractivity contribution < 1.29 is 0 Å². The van der Waals surface area contributed by atoms with Gasteiger partial charge in [0.2, 0.25) is 0 Å². The lowest BCUT2D eigenvalue weighted by atomic mass is 9.83. The van der Waals surface area contributed by atoms with Gasteiger partial charge in [-0.25, -0.2) is 0 Å². The topological polar surface area (TPSA) is 18.5 Å². The number of nitrogens with one attached hydrogen (secondary N) is 1. The highest BCUT2D eigenvalue weighted by Gasteiger charge is 2.36. The molecule has 0 aromatic rings. The van der Waals surface area contributed by atoms with Gasteiger partial charge in [-0.15, -0.1) is 0 Å². The molecule has 1 atom stereocenters. The van der Waals surface area contributed by atoms with E-state index in [1.54, 1.807) is 0 Å². The Balaban J connectivity index is 1.27. The lowest BCUT2D eigenvalue weighted by Crippen LogP contribution is -2.59. The first-order chi connectivity index (χ1) is 8.88. The molecule has 3 nitrogen and oxygen atoms in total. The van der Waals surface area contributed by atoms with Crippen molar-refractivity contribution in [3.63, 3.8) is 0 Å². The first-order valence-corrected chi connectivity index (χ1v) is 8.11. The summed E-state index contributed by atoms with van der Waals surface area (Å²) in [5.41, 5.74) is 0. The van der Waals surface area contributed by atoms with Crippen molar-refractivity contribution in [3.8, 4) is 0 Å². The third-order valence-electron chi connectivity index (χ3n) is 5.70. The van der Waals surface area contributed by atoms with Gasteiger partial charge in [0.15, 0.2) is 0 Å². The maximum Gasteiger partial charge on any atom is 0.0226 e. The summed E-state index contributed by atoms with van der Waals surface area (Å²) in [6, 6.07) is 2.60. The molecule has 0 radical (unpaired) electrons. The standard InChI is InChI=1S/C15H27N3/c1-2-14(1)18-9-5-13(6-10-18)16-15-11-17-7-3-12(15)4-8-17/h12-16H,1-11H2. The zero-order valence-electron chi connectivity index (χ0n) is 11.5. The Morgan fingerprint density at radius 3 is 2.06 bits per heavy atom. The highest BCUT2D eigenvalue weighted by Crippen LogP contribution is 2.31. The van der Waals surface area contributed by atoms with Gasteiger partial charge in [-0.3, -0.25) is 0 Å². The van der Waals surface area contributed by atoms with E-state index in [-0.39, 0.29) is 0 Å². The van der Waals surface area contributed by atoms with E-state index in [2.05, 4.69) is 15.1 Å². The molecule has 4 saturated heterocycles. The number of likely N-dealkylation sites (tertiary alicyclic amines) is 1. The minimum absolute atomic E-state index is 0.810. The monoisotopic (exact) mass is 249 g/mol. The number of piperidine rings is 4. The fourth-order valence-electron chi connectivity index (χ4n) is 4.33. The second-order valence-corrected chi connectivity index (χ2v) is 6.95. The van der Waals surface area contributed by atoms with Crippen molar-refractivity contribution in [1.29, 1.82) is 0 Å². The van der Waals surface area contributed by atoms with Crippen LogP contribution >= 0.6 is 0 Å². The molecule has 18 heavy (non-hydrogen) atoms. The lowest BCUT2D eigenvalue weighted by molar-refractivity contribution is 0.0597. The normalized spacial score (nSPS) is 42.3. The molecule has 4 heterocycles. The number of hydrogen-bond donors (Lipinski definition) is 1. The molecule has 1 unspecified atom stereocenters. The molecule has 1 saturated carbocycles. The SMILES string of the molecule is C1CN(C2CC2)CCC1NC1CN2CCC1CC2. The average molecular weight is 249 g/mol. The number of rotatable bonds is 3. The summed E-state index contributed by atoms with van der Waals surface area (Å²) in [5.74, 6) is 0.983. The molecule has 1 N–H and O–H groups in total. The zero-order chi connectivity index (χ0) is 11.9. The van der Waals surface area contributed by atoms with Gasteiger partial charge in [-0.05, 0) is 70.6 Å². The van der Waals surface area contributed by atoms with E-state index in [0.717, 1.165) is 24.0 Å². The summed E-state index contributed by atoms with van der Waals surface area (Å²) in [4.78, 5) is 5.39. The molecular formula is C15H27N3. The number of nitrogens with zero attached hydrogens (tertiary/aromatic N) is 2. The highest BCUT2D eigenvalue weighted by molar-refractivity contribution is 4.94. The van der Waals surface area contributed by atoms with Crippen LogP contribution in [0.25, 0.3) is 0 Å². The predicted molar refractivity (Wildman–Crippen MR) is 73.7 cm³/mol. The van der Waals surface area contributed by atoms with Crippen LogP contribution in [-0.4, -0.2) is 60.6 Å². The van der Waals surface area contributed by atoms with Crippen LogP contribution in [0.5, 0.6) is 0 Å². The molecule has 0 amide bonds. The summed E-state index contributed by atoms with van der Waals surface area (Å²) >= 11 is 0. The molecule has 3 heteroatoms. The molecule has 0 spiro atoms. The molecular weight excluding hydrogens is 222 g/mol. The summed E-state index contributed by atoms with van der Waals surface area (Å²) in [6.45, 7) is 6.76. The Bertz CT molecular complexity index is 286. The third kappa shape index (κ3) is 2.33. The quantitative estimate of drug-likeness (QED) is 0.813. The fourth-order valence-corrected chi connectivity index (χ4v) is 4.33. The molecule has 102 valence electrons. The summed E-state index contributed by atoms with van der Waals surface area (Å²) < 4.78 is 0. The van der Waals surface area contributed by atoms with Crippen molar-refractivity contribution in [2.24, 2.45) is 5.92 Å². The third-order valence-corrected chi connectivity index (χ3v) is 5.70. The Kier molecular flexibility index (Phi) is 3.10. The van der Waals surface area contributed by atoms with Crippen LogP contribution in [0.3, 0.4) is 0 Å². The molecule has 4 aliphatic heterocycles. The molecule has 2 bridgehead atoms. The van der Waals surface area contributed by atoms with E-state index >= 15 is 0 Å². The van der Waals surface area contributed by atoms with Crippen molar-refractivity contribution >= 4 is 0 Å². The van der Waals surface area contributed by atoms with Crippen LogP contribution in [0.4, 0.5) is 0 Å². The van der Waals surface area contributed by atoms with E-state index < -0.39 is 0 Å². The summed E-state index contributed by atoms with van der Waals surface area (Å²) in [5, 5.41) is 4.00. The minimum Gasteiger partial charge on any atom is -0.310 e. The van der Waals surface area contributed by atoms with Gasteiger partial charge in [0.1, 0.15) is 0 Å². The Labute approximate surface area is 111 Å². The predicted octanol–water partition coefficient (Wildman–Crippen LogP) is 1.30. The smallest absolute Gasteiger partial charge is 0.0226 e. The zero-order valence-corrected chi connectivity index (χ0v) is 11.5.